The fraction of sp³-hybridized carbons (Fsp3) is 0.300. The maximum absolute atomic E-state index is 15.1. The van der Waals surface area contributed by atoms with Gasteiger partial charge in [0.2, 0.25) is 6.41 Å². The van der Waals surface area contributed by atoms with Crippen molar-refractivity contribution in [3.05, 3.63) is 41.2 Å². The zero-order valence-electron chi connectivity index (χ0n) is 16.4. The summed E-state index contributed by atoms with van der Waals surface area (Å²) >= 11 is 6.38. The second kappa shape index (κ2) is 8.37. The van der Waals surface area contributed by atoms with Crippen LogP contribution in [-0.4, -0.2) is 38.1 Å². The van der Waals surface area contributed by atoms with Crippen LogP contribution in [0.15, 0.2) is 24.8 Å². The van der Waals surface area contributed by atoms with E-state index >= 15 is 4.39 Å². The first-order valence-corrected chi connectivity index (χ1v) is 9.85. The van der Waals surface area contributed by atoms with Gasteiger partial charge in [-0.05, 0) is 6.92 Å². The third-order valence-electron chi connectivity index (χ3n) is 4.74. The van der Waals surface area contributed by atoms with Crippen molar-refractivity contribution in [2.45, 2.75) is 32.3 Å². The third-order valence-corrected chi connectivity index (χ3v) is 5.10. The summed E-state index contributed by atoms with van der Waals surface area (Å²) in [4.78, 5) is 19.1. The number of methoxy groups -OCH3 is 1. The number of nitrogens with one attached hydrogen (secondary N) is 2. The van der Waals surface area contributed by atoms with Gasteiger partial charge in [-0.15, -0.1) is 0 Å². The minimum Gasteiger partial charge on any atom is -0.377 e. The quantitative estimate of drug-likeness (QED) is 0.454. The molecule has 1 aromatic carbocycles. The Morgan fingerprint density at radius 1 is 1.33 bits per heavy atom. The lowest BCUT2D eigenvalue weighted by molar-refractivity contribution is -0.105. The topological polar surface area (TPSA) is 97.2 Å². The number of benzene rings is 1. The van der Waals surface area contributed by atoms with Gasteiger partial charge in [-0.2, -0.15) is 5.10 Å². The third kappa shape index (κ3) is 3.73. The van der Waals surface area contributed by atoms with Crippen molar-refractivity contribution in [1.82, 2.24) is 24.6 Å². The lowest BCUT2D eigenvalue weighted by Gasteiger charge is -2.16. The highest BCUT2D eigenvalue weighted by atomic mass is 35.5. The Bertz CT molecular complexity index is 1220. The van der Waals surface area contributed by atoms with Crippen LogP contribution in [0.4, 0.5) is 10.2 Å². The summed E-state index contributed by atoms with van der Waals surface area (Å²) in [5, 5.41) is 9.88. The second-order valence-corrected chi connectivity index (χ2v) is 7.32. The Balaban J connectivity index is 0.000000667. The molecule has 10 heteroatoms. The molecule has 1 aliphatic carbocycles. The molecule has 0 radical (unpaired) electrons. The van der Waals surface area contributed by atoms with Crippen molar-refractivity contribution in [1.29, 1.82) is 0 Å². The number of hydrogen-bond acceptors (Lipinski definition) is 5. The van der Waals surface area contributed by atoms with Crippen molar-refractivity contribution in [3.63, 3.8) is 0 Å². The average molecular weight is 431 g/mol. The van der Waals surface area contributed by atoms with E-state index < -0.39 is 11.9 Å². The highest BCUT2D eigenvalue weighted by Gasteiger charge is 2.25. The Labute approximate surface area is 176 Å². The van der Waals surface area contributed by atoms with Crippen LogP contribution in [0.5, 0.6) is 0 Å². The van der Waals surface area contributed by atoms with E-state index in [0.29, 0.717) is 45.6 Å². The molecule has 1 atom stereocenters. The second-order valence-electron chi connectivity index (χ2n) is 6.94. The predicted molar refractivity (Wildman–Crippen MR) is 112 cm³/mol. The van der Waals surface area contributed by atoms with Crippen molar-refractivity contribution in [2.75, 3.05) is 12.4 Å². The van der Waals surface area contributed by atoms with Gasteiger partial charge in [0.1, 0.15) is 5.82 Å². The summed E-state index contributed by atoms with van der Waals surface area (Å²) in [5.41, 5.74) is 2.17. The number of fused-ring (bicyclic) bond motifs is 2. The van der Waals surface area contributed by atoms with Crippen LogP contribution in [-0.2, 0) is 9.53 Å². The van der Waals surface area contributed by atoms with Crippen LogP contribution in [0.2, 0.25) is 5.02 Å². The van der Waals surface area contributed by atoms with E-state index in [1.165, 1.54) is 32.6 Å². The average Bonchev–Trinajstić information content (AvgIpc) is 3.46. The Morgan fingerprint density at radius 3 is 2.77 bits per heavy atom. The molecule has 2 N–H and O–H groups in total. The number of aromatic nitrogens is 5. The number of rotatable bonds is 5. The van der Waals surface area contributed by atoms with E-state index in [9.17, 15) is 4.79 Å². The molecule has 1 unspecified atom stereocenters. The summed E-state index contributed by atoms with van der Waals surface area (Å²) in [6, 6.07) is 0. The van der Waals surface area contributed by atoms with Crippen LogP contribution in [0.25, 0.3) is 27.8 Å². The molecule has 0 aliphatic heterocycles. The molecule has 0 saturated heterocycles. The van der Waals surface area contributed by atoms with Gasteiger partial charge in [-0.25, -0.2) is 9.37 Å². The lowest BCUT2D eigenvalue weighted by Crippen LogP contribution is -2.03. The van der Waals surface area contributed by atoms with Gasteiger partial charge in [-0.3, -0.25) is 14.9 Å². The first-order chi connectivity index (χ1) is 14.5. The van der Waals surface area contributed by atoms with Gasteiger partial charge in [-0.1, -0.05) is 30.9 Å². The summed E-state index contributed by atoms with van der Waals surface area (Å²) in [7, 11) is 1.49. The van der Waals surface area contributed by atoms with Crippen molar-refractivity contribution in [2.24, 2.45) is 0 Å². The van der Waals surface area contributed by atoms with Crippen molar-refractivity contribution in [3.8, 4) is 11.3 Å². The summed E-state index contributed by atoms with van der Waals surface area (Å²) < 4.78 is 22.0. The van der Waals surface area contributed by atoms with E-state index in [0.717, 1.165) is 0 Å². The molecule has 1 fully saturated rings. The number of anilines is 1. The number of H-pyrrole nitrogens is 1. The minimum absolute atomic E-state index is 0.0685. The molecule has 1 saturated carbocycles. The Hall–Kier alpha value is -3.04. The van der Waals surface area contributed by atoms with Gasteiger partial charge in [0.25, 0.3) is 0 Å². The van der Waals surface area contributed by atoms with Gasteiger partial charge in [0.15, 0.2) is 11.5 Å². The molecule has 5 rings (SSSR count). The van der Waals surface area contributed by atoms with Gasteiger partial charge in [0.05, 0.1) is 40.9 Å². The van der Waals surface area contributed by atoms with E-state index in [1.54, 1.807) is 29.9 Å². The first kappa shape index (κ1) is 20.2. The fourth-order valence-corrected chi connectivity index (χ4v) is 3.35. The molecule has 1 amide bonds. The number of amides is 1. The Morgan fingerprint density at radius 2 is 2.10 bits per heavy atom. The highest BCUT2D eigenvalue weighted by molar-refractivity contribution is 6.35. The maximum Gasteiger partial charge on any atom is 0.212 e. The fourth-order valence-electron chi connectivity index (χ4n) is 3.05. The van der Waals surface area contributed by atoms with Crippen LogP contribution in [0, 0.1) is 5.82 Å². The molecule has 1 aliphatic rings. The standard InChI is InChI=1S/C17H14ClFN6O2.C3H6/c1-8(27-2)13-16(19)15(18)14(9-3-22-24-17(9)13)10-5-25-6-11(21-7-26)23-12(25)4-20-10;1-2-3-1/h3-8H,1-2H3,(H,21,26)(H,22,24);1-3H2. The molecule has 30 heavy (non-hydrogen) atoms. The number of halogens is 2. The van der Waals surface area contributed by atoms with Crippen LogP contribution >= 0.6 is 11.6 Å². The minimum atomic E-state index is -0.589. The van der Waals surface area contributed by atoms with Crippen LogP contribution in [0.3, 0.4) is 0 Å². The molecule has 4 aromatic rings. The molecule has 3 aromatic heterocycles. The molecular weight excluding hydrogens is 411 g/mol. The van der Waals surface area contributed by atoms with E-state index in [4.69, 9.17) is 16.3 Å². The predicted octanol–water partition coefficient (Wildman–Crippen LogP) is 4.51. The number of carbonyl (C=O) groups excluding carboxylic acids is 1. The summed E-state index contributed by atoms with van der Waals surface area (Å²) in [6.07, 6.45) is 10.9. The molecule has 156 valence electrons. The van der Waals surface area contributed by atoms with Gasteiger partial charge in [0, 0.05) is 29.8 Å². The molecule has 0 spiro atoms. The summed E-state index contributed by atoms with van der Waals surface area (Å²) in [6.45, 7) is 1.73. The van der Waals surface area contributed by atoms with Gasteiger partial charge >= 0.3 is 0 Å². The van der Waals surface area contributed by atoms with Crippen molar-refractivity contribution < 1.29 is 13.9 Å². The van der Waals surface area contributed by atoms with E-state index in [-0.39, 0.29) is 5.02 Å². The van der Waals surface area contributed by atoms with E-state index in [2.05, 4.69) is 25.5 Å². The van der Waals surface area contributed by atoms with Gasteiger partial charge < -0.3 is 14.5 Å². The highest BCUT2D eigenvalue weighted by Crippen LogP contribution is 2.40. The van der Waals surface area contributed by atoms with Crippen LogP contribution < -0.4 is 5.32 Å². The maximum atomic E-state index is 15.1. The number of hydrogen-bond donors (Lipinski definition) is 2. The zero-order chi connectivity index (χ0) is 21.3. The monoisotopic (exact) mass is 430 g/mol. The van der Waals surface area contributed by atoms with Crippen molar-refractivity contribution >= 4 is 40.4 Å². The van der Waals surface area contributed by atoms with E-state index in [1.807, 2.05) is 0 Å². The molecular formula is C20H20ClFN6O2. The number of nitrogens with zero attached hydrogens (tertiary/aromatic N) is 4. The molecule has 0 bridgehead atoms. The normalized spacial score (nSPS) is 13.7. The Kier molecular flexibility index (Phi) is 5.65. The van der Waals surface area contributed by atoms with Crippen LogP contribution in [0.1, 0.15) is 37.9 Å². The zero-order valence-corrected chi connectivity index (χ0v) is 17.2. The smallest absolute Gasteiger partial charge is 0.212 e. The number of imidazole rings is 1. The molecule has 8 nitrogen and oxygen atoms in total. The SMILES string of the molecule is C1CC1.COC(C)c1c(F)c(Cl)c(-c2cn3cc(NC=O)nc3cn2)c2cn[nH]c12. The number of aromatic amines is 1. The number of ether oxygens (including phenoxy) is 1. The number of carbonyl (C=O) groups is 1. The largest absolute Gasteiger partial charge is 0.377 e. The summed E-state index contributed by atoms with van der Waals surface area (Å²) in [5.74, 6) is -0.215. The molecule has 3 heterocycles. The lowest BCUT2D eigenvalue weighted by atomic mass is 10.00. The first-order valence-electron chi connectivity index (χ1n) is 9.47.